The lowest BCUT2D eigenvalue weighted by molar-refractivity contribution is -0.145. The summed E-state index contributed by atoms with van der Waals surface area (Å²) < 4.78 is 25.8. The average Bonchev–Trinajstić information content (AvgIpc) is 2.58. The molecule has 1 aromatic rings. The van der Waals surface area contributed by atoms with Crippen LogP contribution >= 0.6 is 7.60 Å². The standard InChI is InChI=1S/C15H22NO7P/c1-3-22-14(17)13(9-10-24(19,20)21-2)16-15(18)23-11-12-7-5-4-6-8-12/h4-8,13H,3,9-11H2,1-2H3,(H,16,18)(H,19,20)/t13-/m0/s1. The molecule has 0 saturated heterocycles. The number of amides is 1. The van der Waals surface area contributed by atoms with E-state index in [1.165, 1.54) is 0 Å². The van der Waals surface area contributed by atoms with Gasteiger partial charge in [-0.25, -0.2) is 9.59 Å². The molecule has 1 unspecified atom stereocenters. The first-order valence-electron chi connectivity index (χ1n) is 7.39. The fourth-order valence-corrected chi connectivity index (χ4v) is 2.55. The summed E-state index contributed by atoms with van der Waals surface area (Å²) in [5.74, 6) is -0.703. The molecule has 0 bridgehead atoms. The van der Waals surface area contributed by atoms with Crippen LogP contribution in [0.4, 0.5) is 4.79 Å². The van der Waals surface area contributed by atoms with Crippen LogP contribution in [0.3, 0.4) is 0 Å². The molecule has 24 heavy (non-hydrogen) atoms. The summed E-state index contributed by atoms with van der Waals surface area (Å²) in [6.45, 7) is 1.78. The van der Waals surface area contributed by atoms with Gasteiger partial charge in [0, 0.05) is 7.11 Å². The summed E-state index contributed by atoms with van der Waals surface area (Å²) in [6, 6.07) is 7.93. The number of esters is 1. The van der Waals surface area contributed by atoms with Gasteiger partial charge in [-0.2, -0.15) is 0 Å². The molecule has 134 valence electrons. The van der Waals surface area contributed by atoms with Crippen molar-refractivity contribution in [3.05, 3.63) is 35.9 Å². The second-order valence-corrected chi connectivity index (χ2v) is 6.93. The van der Waals surface area contributed by atoms with Gasteiger partial charge >= 0.3 is 19.7 Å². The normalized spacial score (nSPS) is 14.3. The van der Waals surface area contributed by atoms with Crippen LogP contribution in [0.1, 0.15) is 18.9 Å². The molecule has 0 aliphatic heterocycles. The number of nitrogens with one attached hydrogen (secondary N) is 1. The molecule has 1 rings (SSSR count). The molecule has 2 N–H and O–H groups in total. The van der Waals surface area contributed by atoms with Crippen molar-refractivity contribution in [3.63, 3.8) is 0 Å². The maximum Gasteiger partial charge on any atom is 0.408 e. The highest BCUT2D eigenvalue weighted by Crippen LogP contribution is 2.41. The summed E-state index contributed by atoms with van der Waals surface area (Å²) in [6.07, 6.45) is -1.23. The van der Waals surface area contributed by atoms with Gasteiger partial charge < -0.3 is 24.2 Å². The van der Waals surface area contributed by atoms with Crippen molar-refractivity contribution in [3.8, 4) is 0 Å². The van der Waals surface area contributed by atoms with Crippen LogP contribution in [0.25, 0.3) is 0 Å². The molecule has 1 aromatic carbocycles. The number of alkyl carbamates (subject to hydrolysis) is 1. The Morgan fingerprint density at radius 1 is 1.25 bits per heavy atom. The third-order valence-corrected chi connectivity index (χ3v) is 4.46. The zero-order valence-corrected chi connectivity index (χ0v) is 14.5. The van der Waals surface area contributed by atoms with E-state index in [9.17, 15) is 19.0 Å². The van der Waals surface area contributed by atoms with Crippen LogP contribution in [0, 0.1) is 0 Å². The van der Waals surface area contributed by atoms with Gasteiger partial charge in [0.15, 0.2) is 0 Å². The molecule has 0 heterocycles. The number of carbonyl (C=O) groups is 2. The highest BCUT2D eigenvalue weighted by atomic mass is 31.2. The first-order chi connectivity index (χ1) is 11.4. The zero-order chi connectivity index (χ0) is 18.0. The number of rotatable bonds is 9. The van der Waals surface area contributed by atoms with Crippen molar-refractivity contribution in [2.24, 2.45) is 0 Å². The van der Waals surface area contributed by atoms with Gasteiger partial charge in [-0.3, -0.25) is 4.57 Å². The monoisotopic (exact) mass is 359 g/mol. The number of hydrogen-bond acceptors (Lipinski definition) is 6. The van der Waals surface area contributed by atoms with E-state index in [1.807, 2.05) is 18.2 Å². The quantitative estimate of drug-likeness (QED) is 0.513. The fraction of sp³-hybridized carbons (Fsp3) is 0.467. The van der Waals surface area contributed by atoms with Crippen LogP contribution in [0.2, 0.25) is 0 Å². The Morgan fingerprint density at radius 3 is 2.50 bits per heavy atom. The molecule has 0 radical (unpaired) electrons. The van der Waals surface area contributed by atoms with E-state index in [0.717, 1.165) is 12.7 Å². The molecule has 0 saturated carbocycles. The van der Waals surface area contributed by atoms with Crippen molar-refractivity contribution >= 4 is 19.7 Å². The molecule has 0 aliphatic carbocycles. The van der Waals surface area contributed by atoms with Gasteiger partial charge in [0.1, 0.15) is 12.6 Å². The lowest BCUT2D eigenvalue weighted by Gasteiger charge is -2.18. The van der Waals surface area contributed by atoms with Crippen LogP contribution in [-0.2, 0) is 30.0 Å². The first kappa shape index (κ1) is 20.2. The van der Waals surface area contributed by atoms with Crippen molar-refractivity contribution in [2.75, 3.05) is 19.9 Å². The van der Waals surface area contributed by atoms with Gasteiger partial charge in [-0.05, 0) is 18.9 Å². The van der Waals surface area contributed by atoms with Gasteiger partial charge in [0.25, 0.3) is 0 Å². The summed E-state index contributed by atoms with van der Waals surface area (Å²) in [5, 5.41) is 2.35. The summed E-state index contributed by atoms with van der Waals surface area (Å²) in [7, 11) is -2.69. The van der Waals surface area contributed by atoms with Crippen LogP contribution in [-0.4, -0.2) is 42.9 Å². The Hall–Kier alpha value is -1.89. The van der Waals surface area contributed by atoms with E-state index in [0.29, 0.717) is 0 Å². The van der Waals surface area contributed by atoms with Crippen LogP contribution in [0.5, 0.6) is 0 Å². The Bertz CT molecular complexity index is 578. The average molecular weight is 359 g/mol. The highest BCUT2D eigenvalue weighted by Gasteiger charge is 2.27. The summed E-state index contributed by atoms with van der Waals surface area (Å²) in [5.41, 5.74) is 0.791. The van der Waals surface area contributed by atoms with E-state index in [2.05, 4.69) is 9.84 Å². The molecule has 0 aromatic heterocycles. The summed E-state index contributed by atoms with van der Waals surface area (Å²) >= 11 is 0. The summed E-state index contributed by atoms with van der Waals surface area (Å²) in [4.78, 5) is 33.1. The van der Waals surface area contributed by atoms with E-state index in [4.69, 9.17) is 9.47 Å². The maximum atomic E-state index is 11.9. The molecule has 2 atom stereocenters. The van der Waals surface area contributed by atoms with Gasteiger partial charge in [-0.1, -0.05) is 30.3 Å². The minimum absolute atomic E-state index is 0.0405. The zero-order valence-electron chi connectivity index (χ0n) is 13.6. The predicted octanol–water partition coefficient (Wildman–Crippen LogP) is 2.07. The minimum Gasteiger partial charge on any atom is -0.464 e. The predicted molar refractivity (Wildman–Crippen MR) is 86.5 cm³/mol. The van der Waals surface area contributed by atoms with Crippen LogP contribution in [0.15, 0.2) is 30.3 Å². The first-order valence-corrected chi connectivity index (χ1v) is 9.15. The smallest absolute Gasteiger partial charge is 0.408 e. The van der Waals surface area contributed by atoms with Gasteiger partial charge in [0.2, 0.25) is 0 Å². The SMILES string of the molecule is CCOC(=O)[C@H](CCP(=O)(O)OC)NC(=O)OCc1ccccc1. The van der Waals surface area contributed by atoms with Crippen molar-refractivity contribution in [1.29, 1.82) is 0 Å². The Balaban J connectivity index is 2.57. The van der Waals surface area contributed by atoms with Crippen molar-refractivity contribution in [2.45, 2.75) is 26.0 Å². The molecular weight excluding hydrogens is 337 g/mol. The Kier molecular flexibility index (Phi) is 8.46. The number of carbonyl (C=O) groups excluding carboxylic acids is 2. The molecular formula is C15H22NO7P. The van der Waals surface area contributed by atoms with E-state index in [-0.39, 0.29) is 25.8 Å². The van der Waals surface area contributed by atoms with E-state index in [1.54, 1.807) is 19.1 Å². The minimum atomic E-state index is -3.79. The number of hydrogen-bond donors (Lipinski definition) is 2. The maximum absolute atomic E-state index is 11.9. The molecule has 0 fully saturated rings. The topological polar surface area (TPSA) is 111 Å². The molecule has 9 heteroatoms. The van der Waals surface area contributed by atoms with Gasteiger partial charge in [-0.15, -0.1) is 0 Å². The Labute approximate surface area is 140 Å². The third kappa shape index (κ3) is 7.59. The van der Waals surface area contributed by atoms with E-state index >= 15 is 0 Å². The van der Waals surface area contributed by atoms with Crippen molar-refractivity contribution in [1.82, 2.24) is 5.32 Å². The van der Waals surface area contributed by atoms with Crippen molar-refractivity contribution < 1.29 is 33.0 Å². The molecule has 0 spiro atoms. The second kappa shape index (κ2) is 10.1. The number of ether oxygens (including phenoxy) is 2. The lowest BCUT2D eigenvalue weighted by atomic mass is 10.2. The molecule has 1 amide bonds. The molecule has 0 aliphatic rings. The van der Waals surface area contributed by atoms with Crippen LogP contribution < -0.4 is 5.32 Å². The lowest BCUT2D eigenvalue weighted by Crippen LogP contribution is -2.42. The highest BCUT2D eigenvalue weighted by molar-refractivity contribution is 7.52. The van der Waals surface area contributed by atoms with E-state index < -0.39 is 25.7 Å². The number of benzene rings is 1. The largest absolute Gasteiger partial charge is 0.464 e. The fourth-order valence-electron chi connectivity index (χ4n) is 1.78. The van der Waals surface area contributed by atoms with Gasteiger partial charge in [0.05, 0.1) is 12.8 Å². The molecule has 8 nitrogen and oxygen atoms in total. The second-order valence-electron chi connectivity index (χ2n) is 4.84. The third-order valence-electron chi connectivity index (χ3n) is 3.06. The Morgan fingerprint density at radius 2 is 1.92 bits per heavy atom.